The Morgan fingerprint density at radius 2 is 2.15 bits per heavy atom. The minimum absolute atomic E-state index is 0.0369. The number of aromatic nitrogens is 2. The molecule has 8 heteroatoms. The molecule has 0 aliphatic rings. The van der Waals surface area contributed by atoms with Crippen molar-refractivity contribution in [3.8, 4) is 5.75 Å². The van der Waals surface area contributed by atoms with E-state index in [1.807, 2.05) is 0 Å². The zero-order valence-corrected chi connectivity index (χ0v) is 13.9. The summed E-state index contributed by atoms with van der Waals surface area (Å²) >= 11 is 0. The lowest BCUT2D eigenvalue weighted by atomic mass is 10.2. The standard InChI is InChI=1S/C18H15N3O5/c1-20-11-13(10-19-20)17(22)9-8-14-6-7-15(26-14)12-25-18-5-3-2-4-16(18)21(23)24/h2-11H,12H2,1H3/b9-8+. The van der Waals surface area contributed by atoms with E-state index < -0.39 is 4.92 Å². The summed E-state index contributed by atoms with van der Waals surface area (Å²) in [6.45, 7) is 0.0369. The molecule has 0 amide bonds. The molecule has 0 N–H and O–H groups in total. The zero-order chi connectivity index (χ0) is 18.5. The van der Waals surface area contributed by atoms with Gasteiger partial charge in [0, 0.05) is 19.3 Å². The van der Waals surface area contributed by atoms with Gasteiger partial charge in [0.05, 0.1) is 16.7 Å². The van der Waals surface area contributed by atoms with Crippen LogP contribution in [0.2, 0.25) is 0 Å². The van der Waals surface area contributed by atoms with Gasteiger partial charge in [-0.15, -0.1) is 0 Å². The molecule has 0 radical (unpaired) electrons. The average molecular weight is 353 g/mol. The fourth-order valence-corrected chi connectivity index (χ4v) is 2.24. The number of hydrogen-bond acceptors (Lipinski definition) is 6. The number of nitro benzene ring substituents is 1. The summed E-state index contributed by atoms with van der Waals surface area (Å²) in [5, 5.41) is 14.9. The lowest BCUT2D eigenvalue weighted by Crippen LogP contribution is -1.97. The fourth-order valence-electron chi connectivity index (χ4n) is 2.24. The Morgan fingerprint density at radius 1 is 1.35 bits per heavy atom. The second-order valence-electron chi connectivity index (χ2n) is 5.42. The first kappa shape index (κ1) is 17.2. The smallest absolute Gasteiger partial charge is 0.310 e. The lowest BCUT2D eigenvalue weighted by molar-refractivity contribution is -0.386. The molecule has 0 saturated carbocycles. The third-order valence-corrected chi connectivity index (χ3v) is 3.50. The molecule has 132 valence electrons. The van der Waals surface area contributed by atoms with Crippen LogP contribution >= 0.6 is 0 Å². The van der Waals surface area contributed by atoms with Crippen LogP contribution in [0.3, 0.4) is 0 Å². The van der Waals surface area contributed by atoms with Gasteiger partial charge in [0.15, 0.2) is 11.5 Å². The molecule has 3 aromatic rings. The molecular weight excluding hydrogens is 338 g/mol. The second-order valence-corrected chi connectivity index (χ2v) is 5.42. The number of carbonyl (C=O) groups is 1. The van der Waals surface area contributed by atoms with E-state index in [4.69, 9.17) is 9.15 Å². The summed E-state index contributed by atoms with van der Waals surface area (Å²) in [6.07, 6.45) is 6.05. The Bertz CT molecular complexity index is 971. The Balaban J connectivity index is 1.62. The molecule has 0 saturated heterocycles. The summed E-state index contributed by atoms with van der Waals surface area (Å²) in [5.74, 6) is 0.935. The number of nitro groups is 1. The van der Waals surface area contributed by atoms with Crippen LogP contribution in [0.4, 0.5) is 5.69 Å². The van der Waals surface area contributed by atoms with Crippen LogP contribution in [0.5, 0.6) is 5.75 Å². The van der Waals surface area contributed by atoms with Crippen LogP contribution < -0.4 is 4.74 Å². The normalized spacial score (nSPS) is 11.0. The number of ether oxygens (including phenoxy) is 1. The van der Waals surface area contributed by atoms with E-state index >= 15 is 0 Å². The molecule has 26 heavy (non-hydrogen) atoms. The van der Waals surface area contributed by atoms with Gasteiger partial charge in [-0.25, -0.2) is 0 Å². The summed E-state index contributed by atoms with van der Waals surface area (Å²) in [5.41, 5.74) is 0.372. The average Bonchev–Trinajstić information content (AvgIpc) is 3.27. The van der Waals surface area contributed by atoms with E-state index in [1.165, 1.54) is 24.4 Å². The van der Waals surface area contributed by atoms with Gasteiger partial charge in [0.2, 0.25) is 0 Å². The van der Waals surface area contributed by atoms with Crippen molar-refractivity contribution in [1.29, 1.82) is 0 Å². The fraction of sp³-hybridized carbons (Fsp3) is 0.111. The van der Waals surface area contributed by atoms with Crippen molar-refractivity contribution in [2.75, 3.05) is 0 Å². The van der Waals surface area contributed by atoms with Crippen LogP contribution in [0.15, 0.2) is 59.3 Å². The molecule has 0 fully saturated rings. The number of hydrogen-bond donors (Lipinski definition) is 0. The quantitative estimate of drug-likeness (QED) is 0.279. The zero-order valence-electron chi connectivity index (χ0n) is 13.9. The van der Waals surface area contributed by atoms with Crippen LogP contribution in [-0.2, 0) is 13.7 Å². The number of ketones is 1. The van der Waals surface area contributed by atoms with Gasteiger partial charge in [0.25, 0.3) is 0 Å². The van der Waals surface area contributed by atoms with E-state index in [9.17, 15) is 14.9 Å². The first-order valence-electron chi connectivity index (χ1n) is 7.69. The maximum absolute atomic E-state index is 12.0. The molecule has 8 nitrogen and oxygen atoms in total. The molecule has 0 atom stereocenters. The lowest BCUT2D eigenvalue weighted by Gasteiger charge is -2.04. The summed E-state index contributed by atoms with van der Waals surface area (Å²) < 4.78 is 12.5. The Hall–Kier alpha value is -3.68. The molecule has 0 aliphatic heterocycles. The molecule has 2 aromatic heterocycles. The number of nitrogens with zero attached hydrogens (tertiary/aromatic N) is 3. The topological polar surface area (TPSA) is 100 Å². The van der Waals surface area contributed by atoms with Crippen LogP contribution in [0.1, 0.15) is 21.9 Å². The Kier molecular flexibility index (Phi) is 4.93. The first-order chi connectivity index (χ1) is 12.5. The van der Waals surface area contributed by atoms with Gasteiger partial charge in [-0.05, 0) is 30.4 Å². The predicted molar refractivity (Wildman–Crippen MR) is 92.7 cm³/mol. The van der Waals surface area contributed by atoms with E-state index in [2.05, 4.69) is 5.10 Å². The summed E-state index contributed by atoms with van der Waals surface area (Å²) in [6, 6.07) is 9.49. The third kappa shape index (κ3) is 4.04. The van der Waals surface area contributed by atoms with Crippen LogP contribution in [0.25, 0.3) is 6.08 Å². The van der Waals surface area contributed by atoms with Crippen molar-refractivity contribution in [2.45, 2.75) is 6.61 Å². The summed E-state index contributed by atoms with van der Waals surface area (Å²) in [4.78, 5) is 22.4. The maximum Gasteiger partial charge on any atom is 0.310 e. The van der Waals surface area contributed by atoms with Gasteiger partial charge in [0.1, 0.15) is 18.1 Å². The highest BCUT2D eigenvalue weighted by atomic mass is 16.6. The highest BCUT2D eigenvalue weighted by Gasteiger charge is 2.14. The molecule has 0 bridgehead atoms. The highest BCUT2D eigenvalue weighted by molar-refractivity contribution is 6.06. The number of aryl methyl sites for hydroxylation is 1. The van der Waals surface area contributed by atoms with Crippen molar-refractivity contribution in [1.82, 2.24) is 9.78 Å². The molecule has 0 spiro atoms. The molecule has 1 aromatic carbocycles. The Morgan fingerprint density at radius 3 is 2.88 bits per heavy atom. The van der Waals surface area contributed by atoms with E-state index in [0.717, 1.165) is 0 Å². The van der Waals surface area contributed by atoms with Gasteiger partial charge < -0.3 is 9.15 Å². The van der Waals surface area contributed by atoms with E-state index in [1.54, 1.807) is 48.3 Å². The monoisotopic (exact) mass is 353 g/mol. The third-order valence-electron chi connectivity index (χ3n) is 3.50. The molecule has 3 rings (SSSR count). The minimum atomic E-state index is -0.504. The summed E-state index contributed by atoms with van der Waals surface area (Å²) in [7, 11) is 1.73. The molecule has 0 unspecified atom stereocenters. The van der Waals surface area contributed by atoms with Gasteiger partial charge in [-0.3, -0.25) is 19.6 Å². The number of allylic oxidation sites excluding steroid dienone is 1. The number of carbonyl (C=O) groups excluding carboxylic acids is 1. The SMILES string of the molecule is Cn1cc(C(=O)/C=C/c2ccc(COc3ccccc3[N+](=O)[O-])o2)cn1. The molecule has 0 aliphatic carbocycles. The van der Waals surface area contributed by atoms with Gasteiger partial charge in [-0.2, -0.15) is 5.10 Å². The predicted octanol–water partition coefficient (Wildman–Crippen LogP) is 3.40. The van der Waals surface area contributed by atoms with Gasteiger partial charge >= 0.3 is 5.69 Å². The molecular formula is C18H15N3O5. The Labute approximate surface area is 148 Å². The number of rotatable bonds is 7. The molecule has 2 heterocycles. The number of furan rings is 1. The maximum atomic E-state index is 12.0. The van der Waals surface area contributed by atoms with E-state index in [-0.39, 0.29) is 23.8 Å². The van der Waals surface area contributed by atoms with E-state index in [0.29, 0.717) is 17.1 Å². The minimum Gasteiger partial charge on any atom is -0.479 e. The van der Waals surface area contributed by atoms with Crippen LogP contribution in [0, 0.1) is 10.1 Å². The first-order valence-corrected chi connectivity index (χ1v) is 7.69. The van der Waals surface area contributed by atoms with Crippen LogP contribution in [-0.4, -0.2) is 20.5 Å². The number of para-hydroxylation sites is 2. The van der Waals surface area contributed by atoms with Crippen molar-refractivity contribution in [2.24, 2.45) is 7.05 Å². The van der Waals surface area contributed by atoms with Crippen molar-refractivity contribution >= 4 is 17.5 Å². The number of benzene rings is 1. The largest absolute Gasteiger partial charge is 0.479 e. The van der Waals surface area contributed by atoms with Crippen molar-refractivity contribution in [3.63, 3.8) is 0 Å². The second kappa shape index (κ2) is 7.47. The van der Waals surface area contributed by atoms with Crippen molar-refractivity contribution in [3.05, 3.63) is 82.1 Å². The van der Waals surface area contributed by atoms with Gasteiger partial charge in [-0.1, -0.05) is 12.1 Å². The van der Waals surface area contributed by atoms with Crippen molar-refractivity contribution < 1.29 is 18.9 Å². The highest BCUT2D eigenvalue weighted by Crippen LogP contribution is 2.26.